The second-order valence-electron chi connectivity index (χ2n) is 2.33. The van der Waals surface area contributed by atoms with Crippen molar-refractivity contribution in [3.05, 3.63) is 37.1 Å². The summed E-state index contributed by atoms with van der Waals surface area (Å²) in [6.07, 6.45) is 9.07. The number of nitrogens with zero attached hydrogens (tertiary/aromatic N) is 1. The van der Waals surface area contributed by atoms with Crippen molar-refractivity contribution in [2.24, 2.45) is 0 Å². The first kappa shape index (κ1) is 9.00. The zero-order valence-electron chi connectivity index (χ0n) is 6.72. The zero-order valence-corrected chi connectivity index (χ0v) is 7.54. The van der Waals surface area contributed by atoms with Crippen LogP contribution in [0.5, 0.6) is 0 Å². The molecule has 0 radical (unpaired) electrons. The fraction of sp³-hybridized carbons (Fsp3) is 0.222. The highest BCUT2D eigenvalue weighted by atomic mass is 32.1. The molecule has 0 spiro atoms. The molecule has 2 nitrogen and oxygen atoms in total. The fourth-order valence-electron chi connectivity index (χ4n) is 0.920. The van der Waals surface area contributed by atoms with Crippen molar-refractivity contribution in [2.45, 2.75) is 6.23 Å². The summed E-state index contributed by atoms with van der Waals surface area (Å²) in [7, 11) is 0. The van der Waals surface area contributed by atoms with Crippen LogP contribution in [-0.2, 0) is 4.74 Å². The largest absolute Gasteiger partial charge is 0.475 e. The number of rotatable bonds is 4. The quantitative estimate of drug-likeness (QED) is 0.485. The summed E-state index contributed by atoms with van der Waals surface area (Å²) in [5.41, 5.74) is 1.58. The van der Waals surface area contributed by atoms with Crippen LogP contribution in [-0.4, -0.2) is 23.2 Å². The van der Waals surface area contributed by atoms with E-state index in [-0.39, 0.29) is 6.23 Å². The average Bonchev–Trinajstić information content (AvgIpc) is 2.15. The topological polar surface area (TPSA) is 12.5 Å². The molecule has 0 fully saturated rings. The highest BCUT2D eigenvalue weighted by Gasteiger charge is 2.11. The monoisotopic (exact) mass is 181 g/mol. The van der Waals surface area contributed by atoms with Gasteiger partial charge >= 0.3 is 0 Å². The van der Waals surface area contributed by atoms with E-state index in [0.717, 1.165) is 0 Å². The van der Waals surface area contributed by atoms with Gasteiger partial charge in [0.15, 0.2) is 6.23 Å². The molecule has 12 heavy (non-hydrogen) atoms. The molecule has 1 atom stereocenters. The van der Waals surface area contributed by atoms with Gasteiger partial charge in [-0.25, -0.2) is 0 Å². The van der Waals surface area contributed by atoms with Gasteiger partial charge in [0.25, 0.3) is 0 Å². The van der Waals surface area contributed by atoms with Gasteiger partial charge in [0.1, 0.15) is 0 Å². The number of thiocarbonyl (C=S) groups is 1. The molecule has 1 heterocycles. The molecule has 0 aliphatic carbocycles. The molecule has 0 amide bonds. The van der Waals surface area contributed by atoms with E-state index in [4.69, 9.17) is 17.0 Å². The fourth-order valence-corrected chi connectivity index (χ4v) is 1.13. The predicted octanol–water partition coefficient (Wildman–Crippen LogP) is 1.86. The molecule has 0 aromatic heterocycles. The third-order valence-electron chi connectivity index (χ3n) is 1.49. The minimum absolute atomic E-state index is 0.0782. The normalized spacial score (nSPS) is 19.8. The minimum atomic E-state index is -0.0782. The highest BCUT2D eigenvalue weighted by molar-refractivity contribution is 7.78. The predicted molar refractivity (Wildman–Crippen MR) is 53.7 cm³/mol. The van der Waals surface area contributed by atoms with Crippen molar-refractivity contribution in [1.29, 1.82) is 0 Å². The van der Waals surface area contributed by atoms with E-state index >= 15 is 0 Å². The lowest BCUT2D eigenvalue weighted by Gasteiger charge is -2.26. The first-order chi connectivity index (χ1) is 5.88. The van der Waals surface area contributed by atoms with Crippen molar-refractivity contribution in [2.75, 3.05) is 6.54 Å². The van der Waals surface area contributed by atoms with E-state index in [1.165, 1.54) is 0 Å². The van der Waals surface area contributed by atoms with Gasteiger partial charge in [0.2, 0.25) is 0 Å². The van der Waals surface area contributed by atoms with Crippen LogP contribution in [0.1, 0.15) is 0 Å². The van der Waals surface area contributed by atoms with Crippen LogP contribution < -0.4 is 0 Å². The number of ether oxygens (including phenoxy) is 1. The van der Waals surface area contributed by atoms with Crippen molar-refractivity contribution in [3.8, 4) is 0 Å². The average molecular weight is 181 g/mol. The van der Waals surface area contributed by atoms with E-state index in [1.54, 1.807) is 17.8 Å². The molecule has 64 valence electrons. The van der Waals surface area contributed by atoms with Crippen molar-refractivity contribution in [1.82, 2.24) is 4.90 Å². The van der Waals surface area contributed by atoms with Gasteiger partial charge in [0, 0.05) is 6.54 Å². The summed E-state index contributed by atoms with van der Waals surface area (Å²) in [5, 5.41) is 0. The lowest BCUT2D eigenvalue weighted by Crippen LogP contribution is -2.33. The Balaban J connectivity index is 2.53. The molecule has 0 saturated heterocycles. The third kappa shape index (κ3) is 2.20. The van der Waals surface area contributed by atoms with Crippen LogP contribution in [0.25, 0.3) is 0 Å². The molecular formula is C9H11NOS. The molecule has 0 aromatic rings. The van der Waals surface area contributed by atoms with E-state index in [1.807, 2.05) is 23.1 Å². The molecule has 0 saturated carbocycles. The van der Waals surface area contributed by atoms with E-state index in [2.05, 4.69) is 6.58 Å². The van der Waals surface area contributed by atoms with Crippen LogP contribution in [0.15, 0.2) is 37.1 Å². The van der Waals surface area contributed by atoms with Gasteiger partial charge in [-0.2, -0.15) is 0 Å². The smallest absolute Gasteiger partial charge is 0.191 e. The Kier molecular flexibility index (Phi) is 3.54. The lowest BCUT2D eigenvalue weighted by molar-refractivity contribution is 0.0854. The van der Waals surface area contributed by atoms with Crippen LogP contribution in [0, 0.1) is 0 Å². The molecule has 1 rings (SSSR count). The second-order valence-corrected chi connectivity index (χ2v) is 2.54. The third-order valence-corrected chi connectivity index (χ3v) is 1.76. The van der Waals surface area contributed by atoms with Crippen LogP contribution in [0.4, 0.5) is 0 Å². The molecule has 1 unspecified atom stereocenters. The van der Waals surface area contributed by atoms with Crippen molar-refractivity contribution >= 4 is 17.7 Å². The summed E-state index contributed by atoms with van der Waals surface area (Å²) in [5.74, 6) is 0. The van der Waals surface area contributed by atoms with E-state index in [9.17, 15) is 0 Å². The number of allylic oxidation sites excluding steroid dienone is 2. The highest BCUT2D eigenvalue weighted by Crippen LogP contribution is 2.06. The standard InChI is InChI=1S/C9H11NOS/c1-2-6-10(8-12)9-5-3-4-7-11-9/h2-5,7-9H,1,6H2. The van der Waals surface area contributed by atoms with Gasteiger partial charge in [-0.05, 0) is 12.2 Å². The minimum Gasteiger partial charge on any atom is -0.475 e. The molecule has 0 N–H and O–H groups in total. The Morgan fingerprint density at radius 2 is 2.42 bits per heavy atom. The molecule has 1 aliphatic heterocycles. The maximum Gasteiger partial charge on any atom is 0.191 e. The Hall–Kier alpha value is -1.09. The first-order valence-electron chi connectivity index (χ1n) is 3.69. The molecule has 0 bridgehead atoms. The molecule has 0 aromatic carbocycles. The Labute approximate surface area is 77.8 Å². The summed E-state index contributed by atoms with van der Waals surface area (Å²) >= 11 is 4.83. The summed E-state index contributed by atoms with van der Waals surface area (Å²) in [4.78, 5) is 1.88. The van der Waals surface area contributed by atoms with Crippen LogP contribution in [0.3, 0.4) is 0 Å². The van der Waals surface area contributed by atoms with Gasteiger partial charge in [-0.1, -0.05) is 24.4 Å². The number of hydrogen-bond donors (Lipinski definition) is 0. The van der Waals surface area contributed by atoms with Crippen LogP contribution in [0.2, 0.25) is 0 Å². The lowest BCUT2D eigenvalue weighted by atomic mass is 10.3. The SMILES string of the molecule is C=CCN(C=S)C1C=CC=CO1. The Morgan fingerprint density at radius 1 is 1.58 bits per heavy atom. The Bertz CT molecular complexity index is 221. The maximum absolute atomic E-state index is 5.30. The summed E-state index contributed by atoms with van der Waals surface area (Å²) in [6, 6.07) is 0. The van der Waals surface area contributed by atoms with Crippen molar-refractivity contribution in [3.63, 3.8) is 0 Å². The van der Waals surface area contributed by atoms with E-state index in [0.29, 0.717) is 6.54 Å². The molecular weight excluding hydrogens is 170 g/mol. The van der Waals surface area contributed by atoms with E-state index < -0.39 is 0 Å². The Morgan fingerprint density at radius 3 is 2.92 bits per heavy atom. The van der Waals surface area contributed by atoms with Gasteiger partial charge in [-0.15, -0.1) is 6.58 Å². The summed E-state index contributed by atoms with van der Waals surface area (Å²) in [6.45, 7) is 4.34. The van der Waals surface area contributed by atoms with Crippen molar-refractivity contribution < 1.29 is 4.74 Å². The first-order valence-corrected chi connectivity index (χ1v) is 4.16. The zero-order chi connectivity index (χ0) is 8.81. The molecule has 1 aliphatic rings. The van der Waals surface area contributed by atoms with Gasteiger partial charge in [-0.3, -0.25) is 0 Å². The van der Waals surface area contributed by atoms with Gasteiger partial charge in [0.05, 0.1) is 11.8 Å². The van der Waals surface area contributed by atoms with Gasteiger partial charge < -0.3 is 9.64 Å². The molecule has 3 heteroatoms. The summed E-state index contributed by atoms with van der Waals surface area (Å²) < 4.78 is 5.30. The maximum atomic E-state index is 5.30. The second kappa shape index (κ2) is 4.72. The number of hydrogen-bond acceptors (Lipinski definition) is 2. The van der Waals surface area contributed by atoms with Crippen LogP contribution >= 0.6 is 12.2 Å².